The van der Waals surface area contributed by atoms with Crippen LogP contribution in [0, 0.1) is 11.8 Å². The zero-order valence-electron chi connectivity index (χ0n) is 24.6. The van der Waals surface area contributed by atoms with E-state index in [1.165, 1.54) is 63.9 Å². The van der Waals surface area contributed by atoms with Crippen molar-refractivity contribution in [1.82, 2.24) is 0 Å². The molecule has 0 radical (unpaired) electrons. The lowest BCUT2D eigenvalue weighted by atomic mass is 9.64. The fourth-order valence-electron chi connectivity index (χ4n) is 8.74. The summed E-state index contributed by atoms with van der Waals surface area (Å²) < 4.78 is 0. The molecule has 0 bridgehead atoms. The van der Waals surface area contributed by atoms with Crippen molar-refractivity contribution in [2.45, 2.75) is 84.5 Å². The molecule has 0 aromatic heterocycles. The molecule has 0 saturated carbocycles. The summed E-state index contributed by atoms with van der Waals surface area (Å²) in [6, 6.07) is 23.7. The van der Waals surface area contributed by atoms with Gasteiger partial charge in [-0.1, -0.05) is 114 Å². The molecule has 198 valence electrons. The molecule has 0 amide bonds. The molecule has 0 saturated heterocycles. The molecule has 39 heavy (non-hydrogen) atoms. The summed E-state index contributed by atoms with van der Waals surface area (Å²) in [5.74, 6) is 1.24. The van der Waals surface area contributed by atoms with Crippen LogP contribution >= 0.6 is 0 Å². The molecule has 0 fully saturated rings. The first-order chi connectivity index (χ1) is 18.9. The van der Waals surface area contributed by atoms with Gasteiger partial charge in [0, 0.05) is 10.8 Å². The molecule has 3 aliphatic rings. The summed E-state index contributed by atoms with van der Waals surface area (Å²) in [6.07, 6.45) is 11.3. The van der Waals surface area contributed by atoms with Crippen LogP contribution in [0.3, 0.4) is 0 Å². The summed E-state index contributed by atoms with van der Waals surface area (Å²) in [6.45, 7) is 14.4. The lowest BCUT2D eigenvalue weighted by Gasteiger charge is -2.39. The average Bonchev–Trinajstić information content (AvgIpc) is 3.22. The van der Waals surface area contributed by atoms with Crippen LogP contribution < -0.4 is 0 Å². The van der Waals surface area contributed by atoms with E-state index in [9.17, 15) is 0 Å². The number of allylic oxidation sites excluding steroid dienone is 4. The molecule has 4 aromatic rings. The minimum Gasteiger partial charge on any atom is -0.0657 e. The highest BCUT2D eigenvalue weighted by atomic mass is 14.5. The summed E-state index contributed by atoms with van der Waals surface area (Å²) in [5, 5.41) is 5.72. The molecule has 0 heteroatoms. The van der Waals surface area contributed by atoms with E-state index >= 15 is 0 Å². The molecule has 0 aliphatic heterocycles. The Balaban J connectivity index is 1.68. The zero-order valence-corrected chi connectivity index (χ0v) is 24.6. The molecule has 1 unspecified atom stereocenters. The van der Waals surface area contributed by atoms with Crippen molar-refractivity contribution < 1.29 is 0 Å². The average molecular weight is 511 g/mol. The van der Waals surface area contributed by atoms with Gasteiger partial charge < -0.3 is 0 Å². The molecular weight excluding hydrogens is 468 g/mol. The van der Waals surface area contributed by atoms with E-state index < -0.39 is 0 Å². The van der Waals surface area contributed by atoms with Crippen LogP contribution in [0.4, 0.5) is 0 Å². The second kappa shape index (κ2) is 8.69. The Morgan fingerprint density at radius 1 is 0.692 bits per heavy atom. The highest BCUT2D eigenvalue weighted by molar-refractivity contribution is 6.12. The van der Waals surface area contributed by atoms with Crippen molar-refractivity contribution in [3.63, 3.8) is 0 Å². The maximum Gasteiger partial charge on any atom is 0.0443 e. The number of fused-ring (bicyclic) bond motifs is 4. The molecule has 4 aromatic carbocycles. The van der Waals surface area contributed by atoms with Crippen LogP contribution in [0.1, 0.15) is 95.9 Å². The molecule has 1 atom stereocenters. The van der Waals surface area contributed by atoms with Gasteiger partial charge in [-0.15, -0.1) is 0 Å². The fraction of sp³-hybridized carbons (Fsp3) is 0.385. The first kappa shape index (κ1) is 24.9. The van der Waals surface area contributed by atoms with Crippen LogP contribution in [0.5, 0.6) is 0 Å². The Hall–Kier alpha value is -3.12. The van der Waals surface area contributed by atoms with E-state index in [2.05, 4.69) is 114 Å². The van der Waals surface area contributed by atoms with Gasteiger partial charge in [0.1, 0.15) is 0 Å². The quantitative estimate of drug-likeness (QED) is 0.242. The summed E-state index contributed by atoms with van der Waals surface area (Å²) >= 11 is 0. The first-order valence-corrected chi connectivity index (χ1v) is 15.5. The largest absolute Gasteiger partial charge is 0.0657 e. The smallest absolute Gasteiger partial charge is 0.0443 e. The predicted molar refractivity (Wildman–Crippen MR) is 169 cm³/mol. The van der Waals surface area contributed by atoms with E-state index in [-0.39, 0.29) is 10.8 Å². The van der Waals surface area contributed by atoms with Crippen LogP contribution in [-0.4, -0.2) is 0 Å². The molecule has 0 heterocycles. The van der Waals surface area contributed by atoms with Crippen molar-refractivity contribution in [2.75, 3.05) is 0 Å². The molecule has 7 rings (SSSR count). The van der Waals surface area contributed by atoms with Gasteiger partial charge in [0.15, 0.2) is 0 Å². The maximum absolute atomic E-state index is 2.75. The third-order valence-electron chi connectivity index (χ3n) is 10.8. The SMILES string of the molecule is CCC(CC)C1=CC2(CC(C(CC)CC)=C1)c1ccc3cccc4c3c1-c1c(cc3ccccc3c12)C4(C)C. The van der Waals surface area contributed by atoms with Gasteiger partial charge in [0.2, 0.25) is 0 Å². The highest BCUT2D eigenvalue weighted by Crippen LogP contribution is 2.64. The molecule has 0 N–H and O–H groups in total. The van der Waals surface area contributed by atoms with Gasteiger partial charge in [0.25, 0.3) is 0 Å². The maximum atomic E-state index is 2.75. The van der Waals surface area contributed by atoms with Crippen LogP contribution in [0.2, 0.25) is 0 Å². The van der Waals surface area contributed by atoms with Crippen molar-refractivity contribution in [2.24, 2.45) is 11.8 Å². The van der Waals surface area contributed by atoms with Gasteiger partial charge in [-0.2, -0.15) is 0 Å². The topological polar surface area (TPSA) is 0 Å². The van der Waals surface area contributed by atoms with Crippen molar-refractivity contribution in [1.29, 1.82) is 0 Å². The van der Waals surface area contributed by atoms with Crippen molar-refractivity contribution in [3.8, 4) is 11.1 Å². The first-order valence-electron chi connectivity index (χ1n) is 15.5. The van der Waals surface area contributed by atoms with E-state index in [0.29, 0.717) is 11.8 Å². The van der Waals surface area contributed by atoms with Crippen LogP contribution in [-0.2, 0) is 10.8 Å². The Morgan fingerprint density at radius 2 is 1.41 bits per heavy atom. The number of hydrogen-bond donors (Lipinski definition) is 0. The van der Waals surface area contributed by atoms with E-state index in [1.54, 1.807) is 27.8 Å². The predicted octanol–water partition coefficient (Wildman–Crippen LogP) is 11.0. The Morgan fingerprint density at radius 3 is 2.15 bits per heavy atom. The molecular formula is C39H42. The van der Waals surface area contributed by atoms with Crippen LogP contribution in [0.25, 0.3) is 32.7 Å². The molecule has 1 spiro atoms. The summed E-state index contributed by atoms with van der Waals surface area (Å²) in [7, 11) is 0. The lowest BCUT2D eigenvalue weighted by molar-refractivity contribution is 0.491. The lowest BCUT2D eigenvalue weighted by Crippen LogP contribution is -2.29. The third-order valence-corrected chi connectivity index (χ3v) is 10.8. The number of rotatable bonds is 6. The van der Waals surface area contributed by atoms with E-state index in [1.807, 2.05) is 0 Å². The van der Waals surface area contributed by atoms with Crippen molar-refractivity contribution in [3.05, 3.63) is 106 Å². The number of hydrogen-bond acceptors (Lipinski definition) is 0. The standard InChI is InChI=1S/C39H42/c1-7-24(8-2)28-20-29(25(9-3)10-4)23-39(22-28)32-19-18-26-15-13-17-31-34(26)35(32)36-33(38(31,5)6)21-27-14-11-12-16-30(27)37(36)39/h11-22,24-25H,7-10,23H2,1-6H3. The second-order valence-electron chi connectivity index (χ2n) is 13.0. The van der Waals surface area contributed by atoms with Crippen LogP contribution in [0.15, 0.2) is 84.0 Å². The van der Waals surface area contributed by atoms with E-state index in [4.69, 9.17) is 0 Å². The van der Waals surface area contributed by atoms with Gasteiger partial charge in [-0.05, 0) is 111 Å². The minimum absolute atomic E-state index is 0.0462. The van der Waals surface area contributed by atoms with Gasteiger partial charge in [0.05, 0.1) is 0 Å². The van der Waals surface area contributed by atoms with Gasteiger partial charge >= 0.3 is 0 Å². The van der Waals surface area contributed by atoms with Gasteiger partial charge in [-0.3, -0.25) is 0 Å². The Kier molecular flexibility index (Phi) is 5.55. The highest BCUT2D eigenvalue weighted by Gasteiger charge is 2.50. The third kappa shape index (κ3) is 3.18. The Bertz CT molecular complexity index is 1700. The Labute approximate surface area is 234 Å². The summed E-state index contributed by atoms with van der Waals surface area (Å²) in [4.78, 5) is 0. The second-order valence-corrected chi connectivity index (χ2v) is 13.0. The molecule has 3 aliphatic carbocycles. The fourth-order valence-corrected chi connectivity index (χ4v) is 8.74. The summed E-state index contributed by atoms with van der Waals surface area (Å²) in [5.41, 5.74) is 12.3. The van der Waals surface area contributed by atoms with Crippen molar-refractivity contribution >= 4 is 21.5 Å². The monoisotopic (exact) mass is 510 g/mol. The minimum atomic E-state index is -0.118. The number of benzene rings is 4. The normalized spacial score (nSPS) is 20.4. The zero-order chi connectivity index (χ0) is 27.1. The molecule has 0 nitrogen and oxygen atoms in total. The van der Waals surface area contributed by atoms with Gasteiger partial charge in [-0.25, -0.2) is 0 Å². The van der Waals surface area contributed by atoms with E-state index in [0.717, 1.165) is 6.42 Å².